The molecule has 0 bridgehead atoms. The van der Waals surface area contributed by atoms with E-state index in [0.29, 0.717) is 23.0 Å². The zero-order valence-corrected chi connectivity index (χ0v) is 14.1. The SMILES string of the molecule is Cc1cc(C)c(NC(=O)c2nnc(Cc3ccccc3)o2)c(Cl)c1. The molecule has 0 atom stereocenters. The third kappa shape index (κ3) is 3.63. The lowest BCUT2D eigenvalue weighted by molar-refractivity contribution is 0.0988. The number of amides is 1. The van der Waals surface area contributed by atoms with Crippen LogP contribution in [-0.4, -0.2) is 16.1 Å². The number of nitrogens with zero attached hydrogens (tertiary/aromatic N) is 2. The van der Waals surface area contributed by atoms with E-state index >= 15 is 0 Å². The second-order valence-electron chi connectivity index (χ2n) is 5.56. The Bertz CT molecular complexity index is 852. The largest absolute Gasteiger partial charge is 0.417 e. The summed E-state index contributed by atoms with van der Waals surface area (Å²) in [5.41, 5.74) is 3.48. The fourth-order valence-corrected chi connectivity index (χ4v) is 2.80. The average molecular weight is 342 g/mol. The van der Waals surface area contributed by atoms with E-state index in [-0.39, 0.29) is 5.89 Å². The van der Waals surface area contributed by atoms with Gasteiger partial charge in [-0.2, -0.15) is 0 Å². The summed E-state index contributed by atoms with van der Waals surface area (Å²) in [7, 11) is 0. The van der Waals surface area contributed by atoms with Crippen molar-refractivity contribution in [2.75, 3.05) is 5.32 Å². The molecule has 0 aliphatic carbocycles. The fraction of sp³-hybridized carbons (Fsp3) is 0.167. The van der Waals surface area contributed by atoms with Crippen LogP contribution in [0.2, 0.25) is 5.02 Å². The van der Waals surface area contributed by atoms with E-state index in [9.17, 15) is 4.79 Å². The van der Waals surface area contributed by atoms with E-state index in [0.717, 1.165) is 16.7 Å². The van der Waals surface area contributed by atoms with Crippen molar-refractivity contribution in [3.05, 3.63) is 76.0 Å². The molecule has 3 rings (SSSR count). The minimum Gasteiger partial charge on any atom is -0.417 e. The number of benzene rings is 2. The van der Waals surface area contributed by atoms with Crippen LogP contribution < -0.4 is 5.32 Å². The number of halogens is 1. The Morgan fingerprint density at radius 3 is 2.62 bits per heavy atom. The summed E-state index contributed by atoms with van der Waals surface area (Å²) in [4.78, 5) is 12.3. The van der Waals surface area contributed by atoms with Gasteiger partial charge >= 0.3 is 11.8 Å². The van der Waals surface area contributed by atoms with Crippen LogP contribution in [0.3, 0.4) is 0 Å². The Kier molecular flexibility index (Phi) is 4.62. The van der Waals surface area contributed by atoms with Crippen molar-refractivity contribution in [1.82, 2.24) is 10.2 Å². The van der Waals surface area contributed by atoms with E-state index in [2.05, 4.69) is 15.5 Å². The van der Waals surface area contributed by atoms with E-state index in [4.69, 9.17) is 16.0 Å². The lowest BCUT2D eigenvalue weighted by atomic mass is 10.1. The van der Waals surface area contributed by atoms with Gasteiger partial charge in [0.05, 0.1) is 17.1 Å². The van der Waals surface area contributed by atoms with Gasteiger partial charge in [0, 0.05) is 0 Å². The second kappa shape index (κ2) is 6.84. The molecular weight excluding hydrogens is 326 g/mol. The first-order chi connectivity index (χ1) is 11.5. The summed E-state index contributed by atoms with van der Waals surface area (Å²) in [6.07, 6.45) is 0.478. The van der Waals surface area contributed by atoms with Gasteiger partial charge < -0.3 is 9.73 Å². The van der Waals surface area contributed by atoms with Gasteiger partial charge in [0.2, 0.25) is 5.89 Å². The molecule has 2 aromatic carbocycles. The quantitative estimate of drug-likeness (QED) is 0.772. The van der Waals surface area contributed by atoms with Gasteiger partial charge in [-0.15, -0.1) is 10.2 Å². The van der Waals surface area contributed by atoms with Crippen molar-refractivity contribution in [2.24, 2.45) is 0 Å². The standard InChI is InChI=1S/C18H16ClN3O2/c1-11-8-12(2)16(14(19)9-11)20-17(23)18-22-21-15(24-18)10-13-6-4-3-5-7-13/h3-9H,10H2,1-2H3,(H,20,23). The Morgan fingerprint density at radius 1 is 1.17 bits per heavy atom. The third-order valence-electron chi connectivity index (χ3n) is 3.53. The Balaban J connectivity index is 1.75. The molecule has 1 aromatic heterocycles. The molecule has 0 spiro atoms. The topological polar surface area (TPSA) is 68.0 Å². The maximum atomic E-state index is 12.3. The van der Waals surface area contributed by atoms with Crippen LogP contribution in [0.25, 0.3) is 0 Å². The summed E-state index contributed by atoms with van der Waals surface area (Å²) in [6.45, 7) is 3.82. The molecule has 0 aliphatic heterocycles. The molecule has 3 aromatic rings. The van der Waals surface area contributed by atoms with Crippen LogP contribution in [0, 0.1) is 13.8 Å². The van der Waals surface area contributed by atoms with Crippen LogP contribution in [0.1, 0.15) is 33.3 Å². The molecule has 122 valence electrons. The predicted molar refractivity (Wildman–Crippen MR) is 92.4 cm³/mol. The van der Waals surface area contributed by atoms with E-state index in [1.54, 1.807) is 6.07 Å². The molecular formula is C18H16ClN3O2. The molecule has 5 nitrogen and oxygen atoms in total. The van der Waals surface area contributed by atoms with Crippen LogP contribution in [-0.2, 0) is 6.42 Å². The van der Waals surface area contributed by atoms with Gasteiger partial charge in [-0.1, -0.05) is 48.0 Å². The van der Waals surface area contributed by atoms with Gasteiger partial charge in [-0.3, -0.25) is 4.79 Å². The van der Waals surface area contributed by atoms with Crippen LogP contribution >= 0.6 is 11.6 Å². The number of rotatable bonds is 4. The first-order valence-electron chi connectivity index (χ1n) is 7.47. The van der Waals surface area contributed by atoms with Gasteiger partial charge in [0.25, 0.3) is 0 Å². The van der Waals surface area contributed by atoms with Gasteiger partial charge in [0.15, 0.2) is 0 Å². The van der Waals surface area contributed by atoms with Crippen molar-refractivity contribution >= 4 is 23.2 Å². The first kappa shape index (κ1) is 16.2. The highest BCUT2D eigenvalue weighted by Crippen LogP contribution is 2.27. The zero-order valence-electron chi connectivity index (χ0n) is 13.3. The number of nitrogens with one attached hydrogen (secondary N) is 1. The predicted octanol–water partition coefficient (Wildman–Crippen LogP) is 4.18. The lowest BCUT2D eigenvalue weighted by Crippen LogP contribution is -2.13. The molecule has 0 fully saturated rings. The number of hydrogen-bond donors (Lipinski definition) is 1. The Hall–Kier alpha value is -2.66. The molecule has 1 heterocycles. The second-order valence-corrected chi connectivity index (χ2v) is 5.96. The van der Waals surface area contributed by atoms with Gasteiger partial charge in [-0.05, 0) is 36.6 Å². The highest BCUT2D eigenvalue weighted by atomic mass is 35.5. The summed E-state index contributed by atoms with van der Waals surface area (Å²) >= 11 is 6.20. The normalized spacial score (nSPS) is 10.6. The molecule has 24 heavy (non-hydrogen) atoms. The number of carbonyl (C=O) groups is 1. The van der Waals surface area contributed by atoms with E-state index in [1.807, 2.05) is 50.2 Å². The molecule has 0 saturated heterocycles. The van der Waals surface area contributed by atoms with Crippen LogP contribution in [0.15, 0.2) is 46.9 Å². The molecule has 0 radical (unpaired) electrons. The number of carbonyl (C=O) groups excluding carboxylic acids is 1. The molecule has 1 amide bonds. The summed E-state index contributed by atoms with van der Waals surface area (Å²) in [5.74, 6) is -0.175. The van der Waals surface area contributed by atoms with Crippen molar-refractivity contribution in [3.63, 3.8) is 0 Å². The fourth-order valence-electron chi connectivity index (χ4n) is 2.43. The third-order valence-corrected chi connectivity index (χ3v) is 3.83. The molecule has 0 unspecified atom stereocenters. The van der Waals surface area contributed by atoms with E-state index in [1.165, 1.54) is 0 Å². The highest BCUT2D eigenvalue weighted by molar-refractivity contribution is 6.34. The van der Waals surface area contributed by atoms with Crippen molar-refractivity contribution < 1.29 is 9.21 Å². The molecule has 0 aliphatic rings. The first-order valence-corrected chi connectivity index (χ1v) is 7.85. The minimum atomic E-state index is -0.476. The number of hydrogen-bond acceptors (Lipinski definition) is 4. The highest BCUT2D eigenvalue weighted by Gasteiger charge is 2.17. The summed E-state index contributed by atoms with van der Waals surface area (Å²) < 4.78 is 5.45. The zero-order chi connectivity index (χ0) is 17.1. The number of aromatic nitrogens is 2. The number of anilines is 1. The minimum absolute atomic E-state index is 0.0861. The van der Waals surface area contributed by atoms with Gasteiger partial charge in [0.1, 0.15) is 0 Å². The summed E-state index contributed by atoms with van der Waals surface area (Å²) in [5, 5.41) is 10.9. The maximum absolute atomic E-state index is 12.3. The van der Waals surface area contributed by atoms with Crippen molar-refractivity contribution in [1.29, 1.82) is 0 Å². The summed E-state index contributed by atoms with van der Waals surface area (Å²) in [6, 6.07) is 13.4. The Labute approximate surface area is 144 Å². The van der Waals surface area contributed by atoms with Crippen LogP contribution in [0.5, 0.6) is 0 Å². The molecule has 6 heteroatoms. The number of aryl methyl sites for hydroxylation is 2. The van der Waals surface area contributed by atoms with Crippen molar-refractivity contribution in [3.8, 4) is 0 Å². The monoisotopic (exact) mass is 341 g/mol. The maximum Gasteiger partial charge on any atom is 0.313 e. The molecule has 0 saturated carbocycles. The smallest absolute Gasteiger partial charge is 0.313 e. The van der Waals surface area contributed by atoms with Crippen molar-refractivity contribution in [2.45, 2.75) is 20.3 Å². The Morgan fingerprint density at radius 2 is 1.92 bits per heavy atom. The average Bonchev–Trinajstić information content (AvgIpc) is 3.00. The van der Waals surface area contributed by atoms with Gasteiger partial charge in [-0.25, -0.2) is 0 Å². The lowest BCUT2D eigenvalue weighted by Gasteiger charge is -2.09. The van der Waals surface area contributed by atoms with Crippen LogP contribution in [0.4, 0.5) is 5.69 Å². The van der Waals surface area contributed by atoms with E-state index < -0.39 is 5.91 Å². The molecule has 1 N–H and O–H groups in total.